The van der Waals surface area contributed by atoms with E-state index in [1.54, 1.807) is 12.1 Å². The van der Waals surface area contributed by atoms with Crippen LogP contribution in [0.4, 0.5) is 5.69 Å². The zero-order valence-corrected chi connectivity index (χ0v) is 14.6. The molecule has 2 amide bonds. The molecule has 1 aromatic carbocycles. The van der Waals surface area contributed by atoms with Gasteiger partial charge in [-0.2, -0.15) is 0 Å². The number of ether oxygens (including phenoxy) is 1. The van der Waals surface area contributed by atoms with Crippen LogP contribution in [0.1, 0.15) is 33.1 Å². The molecular formula is C16H23BrN2O3. The summed E-state index contributed by atoms with van der Waals surface area (Å²) in [6.45, 7) is 4.82. The van der Waals surface area contributed by atoms with E-state index in [-0.39, 0.29) is 23.1 Å². The molecule has 0 saturated heterocycles. The summed E-state index contributed by atoms with van der Waals surface area (Å²) < 4.78 is 5.38. The van der Waals surface area contributed by atoms with Gasteiger partial charge in [-0.25, -0.2) is 0 Å². The number of anilines is 1. The lowest BCUT2D eigenvalue weighted by Gasteiger charge is -2.10. The third-order valence-electron chi connectivity index (χ3n) is 2.91. The number of carbonyl (C=O) groups is 2. The van der Waals surface area contributed by atoms with Crippen LogP contribution in [0.3, 0.4) is 0 Å². The number of rotatable bonds is 9. The minimum atomic E-state index is -0.191. The molecule has 0 fully saturated rings. The highest BCUT2D eigenvalue weighted by atomic mass is 79.9. The number of benzene rings is 1. The summed E-state index contributed by atoms with van der Waals surface area (Å²) >= 11 is 3.32. The van der Waals surface area contributed by atoms with Crippen molar-refractivity contribution in [1.82, 2.24) is 5.32 Å². The first kappa shape index (κ1) is 18.5. The maximum Gasteiger partial charge on any atom is 0.233 e. The van der Waals surface area contributed by atoms with Gasteiger partial charge in [-0.05, 0) is 25.5 Å². The van der Waals surface area contributed by atoms with Gasteiger partial charge in [0.25, 0.3) is 0 Å². The molecule has 0 heterocycles. The number of carbonyl (C=O) groups excluding carboxylic acids is 2. The van der Waals surface area contributed by atoms with Gasteiger partial charge < -0.3 is 15.4 Å². The standard InChI is InChI=1S/C16H23BrN2O3/c1-3-6-14(17)16(21)18-10-9-15(20)19-12-7-5-8-13(11-12)22-4-2/h5,7-8,11,14H,3-4,6,9-10H2,1-2H3,(H,18,21)(H,19,20)/t14-/m1/s1. The topological polar surface area (TPSA) is 67.4 Å². The number of nitrogens with one attached hydrogen (secondary N) is 2. The van der Waals surface area contributed by atoms with Gasteiger partial charge >= 0.3 is 0 Å². The highest BCUT2D eigenvalue weighted by Crippen LogP contribution is 2.17. The van der Waals surface area contributed by atoms with Crippen molar-refractivity contribution in [2.75, 3.05) is 18.5 Å². The van der Waals surface area contributed by atoms with Crippen molar-refractivity contribution < 1.29 is 14.3 Å². The monoisotopic (exact) mass is 370 g/mol. The van der Waals surface area contributed by atoms with Gasteiger partial charge in [0.05, 0.1) is 11.4 Å². The molecule has 0 aliphatic carbocycles. The Kier molecular flexibility index (Phi) is 8.58. The maximum absolute atomic E-state index is 11.8. The second-order valence-corrected chi connectivity index (χ2v) is 5.91. The first-order valence-electron chi connectivity index (χ1n) is 7.51. The van der Waals surface area contributed by atoms with E-state index in [0.717, 1.165) is 18.6 Å². The molecule has 0 aliphatic rings. The van der Waals surface area contributed by atoms with Crippen LogP contribution >= 0.6 is 15.9 Å². The van der Waals surface area contributed by atoms with Crippen molar-refractivity contribution in [3.8, 4) is 5.75 Å². The van der Waals surface area contributed by atoms with Gasteiger partial charge in [0.2, 0.25) is 11.8 Å². The first-order valence-corrected chi connectivity index (χ1v) is 8.42. The SMILES string of the molecule is CCC[C@@H](Br)C(=O)NCCC(=O)Nc1cccc(OCC)c1. The predicted octanol–water partition coefficient (Wildman–Crippen LogP) is 3.09. The molecule has 2 N–H and O–H groups in total. The molecule has 6 heteroatoms. The zero-order chi connectivity index (χ0) is 16.4. The highest BCUT2D eigenvalue weighted by Gasteiger charge is 2.13. The third-order valence-corrected chi connectivity index (χ3v) is 3.78. The van der Waals surface area contributed by atoms with Crippen LogP contribution in [0, 0.1) is 0 Å². The van der Waals surface area contributed by atoms with Crippen molar-refractivity contribution in [1.29, 1.82) is 0 Å². The quantitative estimate of drug-likeness (QED) is 0.656. The van der Waals surface area contributed by atoms with Crippen molar-refractivity contribution >= 4 is 33.4 Å². The van der Waals surface area contributed by atoms with E-state index in [2.05, 4.69) is 26.6 Å². The lowest BCUT2D eigenvalue weighted by molar-refractivity contribution is -0.120. The Morgan fingerprint density at radius 2 is 2.09 bits per heavy atom. The van der Waals surface area contributed by atoms with Crippen LogP contribution in [0.2, 0.25) is 0 Å². The van der Waals surface area contributed by atoms with E-state index in [4.69, 9.17) is 4.74 Å². The Labute approximate surface area is 139 Å². The fraction of sp³-hybridized carbons (Fsp3) is 0.500. The van der Waals surface area contributed by atoms with Gasteiger partial charge in [-0.15, -0.1) is 0 Å². The van der Waals surface area contributed by atoms with Crippen LogP contribution in [-0.4, -0.2) is 29.8 Å². The fourth-order valence-corrected chi connectivity index (χ4v) is 2.47. The normalized spacial score (nSPS) is 11.6. The summed E-state index contributed by atoms with van der Waals surface area (Å²) in [5.74, 6) is 0.499. The lowest BCUT2D eigenvalue weighted by Crippen LogP contribution is -2.33. The highest BCUT2D eigenvalue weighted by molar-refractivity contribution is 9.10. The average molecular weight is 371 g/mol. The van der Waals surface area contributed by atoms with E-state index >= 15 is 0 Å². The van der Waals surface area contributed by atoms with Crippen LogP contribution in [0.25, 0.3) is 0 Å². The molecule has 5 nitrogen and oxygen atoms in total. The maximum atomic E-state index is 11.8. The van der Waals surface area contributed by atoms with Crippen molar-refractivity contribution in [3.05, 3.63) is 24.3 Å². The Bertz CT molecular complexity index is 494. The average Bonchev–Trinajstić information content (AvgIpc) is 2.48. The van der Waals surface area contributed by atoms with Gasteiger partial charge in [0.1, 0.15) is 5.75 Å². The molecule has 0 unspecified atom stereocenters. The van der Waals surface area contributed by atoms with Crippen LogP contribution < -0.4 is 15.4 Å². The summed E-state index contributed by atoms with van der Waals surface area (Å²) in [5, 5.41) is 5.53. The molecule has 1 rings (SSSR count). The smallest absolute Gasteiger partial charge is 0.233 e. The van der Waals surface area contributed by atoms with Crippen LogP contribution in [0.5, 0.6) is 5.75 Å². The Morgan fingerprint density at radius 3 is 2.77 bits per heavy atom. The van der Waals surface area contributed by atoms with Crippen LogP contribution in [-0.2, 0) is 9.59 Å². The summed E-state index contributed by atoms with van der Waals surface area (Å²) in [5.41, 5.74) is 0.687. The number of amides is 2. The summed E-state index contributed by atoms with van der Waals surface area (Å²) in [6, 6.07) is 7.23. The van der Waals surface area contributed by atoms with Crippen molar-refractivity contribution in [2.45, 2.75) is 37.9 Å². The lowest BCUT2D eigenvalue weighted by atomic mass is 10.2. The molecule has 122 valence electrons. The minimum absolute atomic E-state index is 0.0759. The molecule has 0 bridgehead atoms. The van der Waals surface area contributed by atoms with Gasteiger partial charge in [0, 0.05) is 24.7 Å². The first-order chi connectivity index (χ1) is 10.6. The van der Waals surface area contributed by atoms with E-state index in [1.165, 1.54) is 0 Å². The number of hydrogen-bond acceptors (Lipinski definition) is 3. The van der Waals surface area contributed by atoms with Gasteiger partial charge in [-0.1, -0.05) is 35.3 Å². The number of hydrogen-bond donors (Lipinski definition) is 2. The second kappa shape index (κ2) is 10.2. The Morgan fingerprint density at radius 1 is 1.32 bits per heavy atom. The predicted molar refractivity (Wildman–Crippen MR) is 91.5 cm³/mol. The molecule has 0 aliphatic heterocycles. The third kappa shape index (κ3) is 6.93. The van der Waals surface area contributed by atoms with Gasteiger partial charge in [0.15, 0.2) is 0 Å². The number of halogens is 1. The van der Waals surface area contributed by atoms with Crippen molar-refractivity contribution in [3.63, 3.8) is 0 Å². The largest absolute Gasteiger partial charge is 0.494 e. The van der Waals surface area contributed by atoms with E-state index < -0.39 is 0 Å². The van der Waals surface area contributed by atoms with E-state index in [1.807, 2.05) is 26.0 Å². The second-order valence-electron chi connectivity index (χ2n) is 4.81. The molecule has 1 atom stereocenters. The van der Waals surface area contributed by atoms with Crippen molar-refractivity contribution in [2.24, 2.45) is 0 Å². The Balaban J connectivity index is 2.34. The fourth-order valence-electron chi connectivity index (χ4n) is 1.85. The van der Waals surface area contributed by atoms with Crippen LogP contribution in [0.15, 0.2) is 24.3 Å². The molecule has 0 aromatic heterocycles. The summed E-state index contributed by atoms with van der Waals surface area (Å²) in [6.07, 6.45) is 1.94. The zero-order valence-electron chi connectivity index (χ0n) is 13.0. The molecule has 1 aromatic rings. The van der Waals surface area contributed by atoms with Gasteiger partial charge in [-0.3, -0.25) is 9.59 Å². The minimum Gasteiger partial charge on any atom is -0.494 e. The molecule has 0 saturated carbocycles. The van der Waals surface area contributed by atoms with E-state index in [0.29, 0.717) is 18.8 Å². The van der Waals surface area contributed by atoms with E-state index in [9.17, 15) is 9.59 Å². The summed E-state index contributed by atoms with van der Waals surface area (Å²) in [7, 11) is 0. The molecular weight excluding hydrogens is 348 g/mol. The number of alkyl halides is 1. The Hall–Kier alpha value is -1.56. The molecule has 22 heavy (non-hydrogen) atoms. The molecule has 0 spiro atoms. The molecule has 0 radical (unpaired) electrons. The summed E-state index contributed by atoms with van der Waals surface area (Å²) in [4.78, 5) is 23.3.